The molecule has 0 amide bonds. The number of rotatable bonds is 11. The number of ether oxygens (including phenoxy) is 2. The third-order valence-corrected chi connectivity index (χ3v) is 9.23. The Labute approximate surface area is 255 Å². The van der Waals surface area contributed by atoms with Crippen molar-refractivity contribution >= 4 is 41.2 Å². The monoisotopic (exact) mass is 580 g/mol. The third-order valence-electron chi connectivity index (χ3n) is 9.23. The van der Waals surface area contributed by atoms with Crippen LogP contribution in [0.15, 0.2) is 84.9 Å². The van der Waals surface area contributed by atoms with Gasteiger partial charge in [-0.15, -0.1) is 0 Å². The van der Waals surface area contributed by atoms with E-state index in [2.05, 4.69) is 30.3 Å². The van der Waals surface area contributed by atoms with E-state index in [1.807, 2.05) is 82.3 Å². The Morgan fingerprint density at radius 2 is 1.51 bits per heavy atom. The highest BCUT2D eigenvalue weighted by molar-refractivity contribution is 6.22. The zero-order valence-electron chi connectivity index (χ0n) is 25.6. The SMILES string of the molecule is CC(C)(CC(C(=O)OBOC1CCCCO1)c1ccccc1)C(C)(C)C(=O)OCc1c2ccccc2cc2ccccc12. The highest BCUT2D eigenvalue weighted by atomic mass is 16.7. The highest BCUT2D eigenvalue weighted by Crippen LogP contribution is 2.47. The summed E-state index contributed by atoms with van der Waals surface area (Å²) in [5.74, 6) is -1.28. The van der Waals surface area contributed by atoms with Crippen molar-refractivity contribution in [2.75, 3.05) is 6.61 Å². The van der Waals surface area contributed by atoms with E-state index in [1.54, 1.807) is 0 Å². The summed E-state index contributed by atoms with van der Waals surface area (Å²) in [5.41, 5.74) is 0.287. The molecule has 6 nitrogen and oxygen atoms in total. The second kappa shape index (κ2) is 13.3. The molecule has 0 spiro atoms. The Bertz CT molecular complexity index is 1500. The largest absolute Gasteiger partial charge is 0.512 e. The van der Waals surface area contributed by atoms with E-state index in [1.165, 1.54) is 0 Å². The van der Waals surface area contributed by atoms with Crippen molar-refractivity contribution in [3.63, 3.8) is 0 Å². The van der Waals surface area contributed by atoms with Gasteiger partial charge in [-0.25, -0.2) is 0 Å². The maximum absolute atomic E-state index is 13.8. The van der Waals surface area contributed by atoms with E-state index in [9.17, 15) is 9.59 Å². The van der Waals surface area contributed by atoms with E-state index in [-0.39, 0.29) is 32.5 Å². The molecule has 0 aliphatic carbocycles. The van der Waals surface area contributed by atoms with E-state index in [4.69, 9.17) is 18.8 Å². The van der Waals surface area contributed by atoms with Gasteiger partial charge in [-0.2, -0.15) is 0 Å². The number of fused-ring (bicyclic) bond motifs is 2. The zero-order chi connectivity index (χ0) is 30.5. The van der Waals surface area contributed by atoms with Crippen LogP contribution in [-0.4, -0.2) is 32.5 Å². The van der Waals surface area contributed by atoms with Crippen molar-refractivity contribution in [1.82, 2.24) is 0 Å². The van der Waals surface area contributed by atoms with Gasteiger partial charge in [0.05, 0.1) is 11.3 Å². The fourth-order valence-electron chi connectivity index (χ4n) is 5.76. The average molecular weight is 581 g/mol. The van der Waals surface area contributed by atoms with Crippen LogP contribution in [0.3, 0.4) is 0 Å². The van der Waals surface area contributed by atoms with Gasteiger partial charge in [0, 0.05) is 12.2 Å². The van der Waals surface area contributed by atoms with Gasteiger partial charge in [0.1, 0.15) is 12.9 Å². The summed E-state index contributed by atoms with van der Waals surface area (Å²) in [5, 5.41) is 4.35. The summed E-state index contributed by atoms with van der Waals surface area (Å²) < 4.78 is 23.0. The van der Waals surface area contributed by atoms with Crippen LogP contribution in [-0.2, 0) is 35.0 Å². The number of hydrogen-bond donors (Lipinski definition) is 0. The number of benzene rings is 4. The van der Waals surface area contributed by atoms with Gasteiger partial charge in [0.15, 0.2) is 0 Å². The molecule has 0 saturated carbocycles. The lowest BCUT2D eigenvalue weighted by atomic mass is 9.63. The number of esters is 1. The van der Waals surface area contributed by atoms with Gasteiger partial charge in [0.25, 0.3) is 5.97 Å². The molecule has 1 heterocycles. The summed E-state index contributed by atoms with van der Waals surface area (Å²) in [4.78, 5) is 27.3. The van der Waals surface area contributed by atoms with Gasteiger partial charge >= 0.3 is 13.7 Å². The quantitative estimate of drug-likeness (QED) is 0.103. The highest BCUT2D eigenvalue weighted by Gasteiger charge is 2.47. The molecule has 0 N–H and O–H groups in total. The normalized spacial score (nSPS) is 16.5. The van der Waals surface area contributed by atoms with Crippen molar-refractivity contribution in [2.45, 2.75) is 72.2 Å². The standard InChI is InChI=1S/C36H41BO6/c1-35(2,23-30(25-14-6-5-7-15-25)33(38)43-37-42-32-20-12-13-21-40-32)36(3,4)34(39)41-24-31-28-18-10-8-16-26(28)22-27-17-9-11-19-29(27)31/h5-11,14-19,22,30,32,37H,12-13,20-21,23-24H2,1-4H3. The molecule has 224 valence electrons. The van der Waals surface area contributed by atoms with Gasteiger partial charge in [-0.1, -0.05) is 92.7 Å². The van der Waals surface area contributed by atoms with Crippen molar-refractivity contribution in [1.29, 1.82) is 0 Å². The van der Waals surface area contributed by atoms with Crippen LogP contribution in [0.5, 0.6) is 0 Å². The summed E-state index contributed by atoms with van der Waals surface area (Å²) in [6, 6.07) is 28.1. The number of carbonyl (C=O) groups is 2. The molecule has 7 heteroatoms. The second-order valence-corrected chi connectivity index (χ2v) is 12.6. The Hall–Kier alpha value is -3.68. The predicted octanol–water partition coefficient (Wildman–Crippen LogP) is 7.62. The smallest absolute Gasteiger partial charge is 0.510 e. The minimum absolute atomic E-state index is 0.158. The van der Waals surface area contributed by atoms with Gasteiger partial charge < -0.3 is 18.8 Å². The Kier molecular flexibility index (Phi) is 9.53. The van der Waals surface area contributed by atoms with E-state index in [0.717, 1.165) is 51.9 Å². The van der Waals surface area contributed by atoms with Crippen molar-refractivity contribution in [3.05, 3.63) is 96.1 Å². The minimum Gasteiger partial charge on any atom is -0.512 e. The van der Waals surface area contributed by atoms with Crippen LogP contribution in [0.4, 0.5) is 0 Å². The molecule has 1 aliphatic rings. The topological polar surface area (TPSA) is 71.1 Å². The van der Waals surface area contributed by atoms with Crippen LogP contribution in [0.1, 0.15) is 70.4 Å². The average Bonchev–Trinajstić information content (AvgIpc) is 3.02. The Morgan fingerprint density at radius 1 is 0.884 bits per heavy atom. The molecular weight excluding hydrogens is 539 g/mol. The Balaban J connectivity index is 1.31. The summed E-state index contributed by atoms with van der Waals surface area (Å²) in [7, 11) is -0.169. The summed E-state index contributed by atoms with van der Waals surface area (Å²) >= 11 is 0. The molecule has 2 unspecified atom stereocenters. The third kappa shape index (κ3) is 6.95. The summed E-state index contributed by atoms with van der Waals surface area (Å²) in [6.45, 7) is 8.63. The second-order valence-electron chi connectivity index (χ2n) is 12.6. The van der Waals surface area contributed by atoms with Crippen LogP contribution >= 0.6 is 0 Å². The summed E-state index contributed by atoms with van der Waals surface area (Å²) in [6.07, 6.45) is 2.87. The van der Waals surface area contributed by atoms with Gasteiger partial charge in [0.2, 0.25) is 0 Å². The molecule has 1 fully saturated rings. The first-order valence-corrected chi connectivity index (χ1v) is 15.2. The fourth-order valence-corrected chi connectivity index (χ4v) is 5.76. The first-order chi connectivity index (χ1) is 20.7. The van der Waals surface area contributed by atoms with Gasteiger partial charge in [-0.05, 0) is 78.1 Å². The zero-order valence-corrected chi connectivity index (χ0v) is 25.6. The molecule has 43 heavy (non-hydrogen) atoms. The van der Waals surface area contributed by atoms with Crippen molar-refractivity contribution in [3.8, 4) is 0 Å². The predicted molar refractivity (Wildman–Crippen MR) is 171 cm³/mol. The fraction of sp³-hybridized carbons (Fsp3) is 0.389. The first kappa shape index (κ1) is 30.8. The molecule has 0 aromatic heterocycles. The van der Waals surface area contributed by atoms with Crippen LogP contribution in [0.25, 0.3) is 21.5 Å². The molecular formula is C36H41BO6. The minimum atomic E-state index is -0.910. The number of carbonyl (C=O) groups excluding carboxylic acids is 2. The van der Waals surface area contributed by atoms with Crippen LogP contribution in [0.2, 0.25) is 0 Å². The molecule has 5 rings (SSSR count). The number of hydrogen-bond acceptors (Lipinski definition) is 6. The maximum atomic E-state index is 13.8. The molecule has 1 aliphatic heterocycles. The van der Waals surface area contributed by atoms with Crippen LogP contribution < -0.4 is 0 Å². The lowest BCUT2D eigenvalue weighted by Gasteiger charge is -2.41. The molecule has 0 bridgehead atoms. The van der Waals surface area contributed by atoms with E-state index in [0.29, 0.717) is 13.0 Å². The molecule has 4 aromatic carbocycles. The molecule has 2 atom stereocenters. The molecule has 0 radical (unpaired) electrons. The van der Waals surface area contributed by atoms with Crippen molar-refractivity contribution in [2.24, 2.45) is 10.8 Å². The molecule has 1 saturated heterocycles. The van der Waals surface area contributed by atoms with E-state index < -0.39 is 16.7 Å². The van der Waals surface area contributed by atoms with Crippen molar-refractivity contribution < 1.29 is 28.4 Å². The molecule has 4 aromatic rings. The lowest BCUT2D eigenvalue weighted by molar-refractivity contribution is -0.164. The van der Waals surface area contributed by atoms with Gasteiger partial charge in [-0.3, -0.25) is 9.59 Å². The van der Waals surface area contributed by atoms with E-state index >= 15 is 0 Å². The Morgan fingerprint density at radius 3 is 2.14 bits per heavy atom. The maximum Gasteiger partial charge on any atom is 0.510 e. The van der Waals surface area contributed by atoms with Crippen LogP contribution in [0, 0.1) is 10.8 Å². The first-order valence-electron chi connectivity index (χ1n) is 15.2. The lowest BCUT2D eigenvalue weighted by Crippen LogP contribution is -2.42.